The molecular weight excluding hydrogens is 306 g/mol. The third-order valence-electron chi connectivity index (χ3n) is 6.53. The van der Waals surface area contributed by atoms with Crippen LogP contribution in [0.4, 0.5) is 0 Å². The van der Waals surface area contributed by atoms with Crippen molar-refractivity contribution in [1.82, 2.24) is 4.90 Å². The van der Waals surface area contributed by atoms with E-state index in [1.54, 1.807) is 0 Å². The summed E-state index contributed by atoms with van der Waals surface area (Å²) in [5, 5.41) is 4.30. The van der Waals surface area contributed by atoms with E-state index >= 15 is 0 Å². The molecule has 5 rings (SSSR count). The lowest BCUT2D eigenvalue weighted by Gasteiger charge is -2.58. The Morgan fingerprint density at radius 3 is 1.76 bits per heavy atom. The SMILES string of the molecule is CN(C)C12C/C(=N\N)C([C@H](c3ccccc3)C1)[C@H](c1ccccc1)C2. The van der Waals surface area contributed by atoms with Crippen LogP contribution in [0.5, 0.6) is 0 Å². The maximum atomic E-state index is 5.90. The summed E-state index contributed by atoms with van der Waals surface area (Å²) in [5.41, 5.74) is 4.16. The van der Waals surface area contributed by atoms with Crippen molar-refractivity contribution in [1.29, 1.82) is 0 Å². The van der Waals surface area contributed by atoms with E-state index in [2.05, 4.69) is 84.8 Å². The molecule has 3 aliphatic rings. The predicted molar refractivity (Wildman–Crippen MR) is 104 cm³/mol. The Balaban J connectivity index is 1.84. The molecule has 3 nitrogen and oxygen atoms in total. The van der Waals surface area contributed by atoms with Crippen LogP contribution < -0.4 is 5.84 Å². The topological polar surface area (TPSA) is 41.6 Å². The van der Waals surface area contributed by atoms with Gasteiger partial charge in [0.2, 0.25) is 0 Å². The van der Waals surface area contributed by atoms with Crippen LogP contribution in [0.25, 0.3) is 0 Å². The molecule has 3 saturated carbocycles. The van der Waals surface area contributed by atoms with E-state index in [0.717, 1.165) is 6.42 Å². The molecule has 2 bridgehead atoms. The number of benzene rings is 2. The molecule has 2 aromatic rings. The van der Waals surface area contributed by atoms with Gasteiger partial charge in [-0.2, -0.15) is 5.10 Å². The molecule has 0 aliphatic heterocycles. The van der Waals surface area contributed by atoms with E-state index in [1.165, 1.54) is 29.7 Å². The third-order valence-corrected chi connectivity index (χ3v) is 6.53. The highest BCUT2D eigenvalue weighted by Crippen LogP contribution is 2.58. The minimum absolute atomic E-state index is 0.133. The Hall–Kier alpha value is -2.13. The molecule has 25 heavy (non-hydrogen) atoms. The lowest BCUT2D eigenvalue weighted by Crippen LogP contribution is -2.59. The van der Waals surface area contributed by atoms with Gasteiger partial charge in [-0.1, -0.05) is 60.7 Å². The van der Waals surface area contributed by atoms with Crippen molar-refractivity contribution >= 4 is 5.71 Å². The minimum atomic E-state index is 0.133. The Morgan fingerprint density at radius 2 is 1.36 bits per heavy atom. The first-order valence-corrected chi connectivity index (χ1v) is 9.18. The highest BCUT2D eigenvalue weighted by atomic mass is 15.2. The van der Waals surface area contributed by atoms with E-state index in [9.17, 15) is 0 Å². The molecule has 0 radical (unpaired) electrons. The summed E-state index contributed by atoms with van der Waals surface area (Å²) in [6.07, 6.45) is 3.35. The summed E-state index contributed by atoms with van der Waals surface area (Å²) in [7, 11) is 4.42. The van der Waals surface area contributed by atoms with Crippen molar-refractivity contribution in [3.8, 4) is 0 Å². The van der Waals surface area contributed by atoms with Crippen molar-refractivity contribution in [2.75, 3.05) is 14.1 Å². The van der Waals surface area contributed by atoms with Crippen molar-refractivity contribution in [3.05, 3.63) is 71.8 Å². The van der Waals surface area contributed by atoms with Crippen molar-refractivity contribution in [3.63, 3.8) is 0 Å². The summed E-state index contributed by atoms with van der Waals surface area (Å²) in [5.74, 6) is 7.24. The highest BCUT2D eigenvalue weighted by Gasteiger charge is 2.55. The summed E-state index contributed by atoms with van der Waals surface area (Å²) in [6.45, 7) is 0. The number of hydrogen-bond acceptors (Lipinski definition) is 3. The first-order chi connectivity index (χ1) is 12.1. The fraction of sp³-hybridized carbons (Fsp3) is 0.409. The molecule has 0 spiro atoms. The van der Waals surface area contributed by atoms with Crippen molar-refractivity contribution < 1.29 is 0 Å². The number of nitrogens with zero attached hydrogens (tertiary/aromatic N) is 2. The Bertz CT molecular complexity index is 702. The van der Waals surface area contributed by atoms with Gasteiger partial charge in [-0.05, 0) is 49.9 Å². The number of hydrazone groups is 1. The highest BCUT2D eigenvalue weighted by molar-refractivity contribution is 5.91. The summed E-state index contributed by atoms with van der Waals surface area (Å²) in [4.78, 5) is 2.42. The van der Waals surface area contributed by atoms with Gasteiger partial charge in [0.15, 0.2) is 0 Å². The summed E-state index contributed by atoms with van der Waals surface area (Å²) in [6, 6.07) is 21.9. The smallest absolute Gasteiger partial charge is 0.0437 e. The van der Waals surface area contributed by atoms with Crippen LogP contribution in [0.1, 0.15) is 42.2 Å². The second-order valence-corrected chi connectivity index (χ2v) is 7.88. The van der Waals surface area contributed by atoms with Crippen molar-refractivity contribution in [2.45, 2.75) is 36.6 Å². The second kappa shape index (κ2) is 6.30. The maximum Gasteiger partial charge on any atom is 0.0437 e. The molecule has 2 N–H and O–H groups in total. The number of nitrogens with two attached hydrogens (primary N) is 1. The lowest BCUT2D eigenvalue weighted by atomic mass is 9.52. The first kappa shape index (κ1) is 16.3. The van der Waals surface area contributed by atoms with Gasteiger partial charge in [0.05, 0.1) is 0 Å². The molecule has 0 amide bonds. The molecule has 3 fully saturated rings. The molecule has 130 valence electrons. The van der Waals surface area contributed by atoms with E-state index in [1.807, 2.05) is 0 Å². The van der Waals surface area contributed by atoms with E-state index in [4.69, 9.17) is 5.84 Å². The molecule has 0 saturated heterocycles. The fourth-order valence-corrected chi connectivity index (χ4v) is 5.21. The molecule has 0 heterocycles. The van der Waals surface area contributed by atoms with Gasteiger partial charge >= 0.3 is 0 Å². The second-order valence-electron chi connectivity index (χ2n) is 7.88. The van der Waals surface area contributed by atoms with Gasteiger partial charge in [0.25, 0.3) is 0 Å². The Labute approximate surface area is 150 Å². The lowest BCUT2D eigenvalue weighted by molar-refractivity contribution is 0.0488. The normalized spacial score (nSPS) is 33.1. The number of fused-ring (bicyclic) bond motifs is 3. The zero-order valence-corrected chi connectivity index (χ0v) is 15.1. The molecule has 3 aliphatic carbocycles. The Morgan fingerprint density at radius 1 is 0.880 bits per heavy atom. The van der Waals surface area contributed by atoms with Gasteiger partial charge in [0, 0.05) is 23.6 Å². The van der Waals surface area contributed by atoms with Gasteiger partial charge in [0.1, 0.15) is 0 Å². The standard InChI is InChI=1S/C22H27N3/c1-25(2)22-13-18(16-9-5-3-6-10-16)21(20(15-22)24-23)19(14-22)17-11-7-4-8-12-17/h3-12,18-19,21H,13-15,23H2,1-2H3/b24-20+/t18-,19-,21?,22?/m0/s1. The first-order valence-electron chi connectivity index (χ1n) is 9.18. The van der Waals surface area contributed by atoms with Crippen LogP contribution in [0.3, 0.4) is 0 Å². The van der Waals surface area contributed by atoms with Crippen LogP contribution in [0, 0.1) is 5.92 Å². The van der Waals surface area contributed by atoms with Gasteiger partial charge in [-0.25, -0.2) is 0 Å². The van der Waals surface area contributed by atoms with E-state index < -0.39 is 0 Å². The number of rotatable bonds is 3. The van der Waals surface area contributed by atoms with Crippen LogP contribution in [-0.4, -0.2) is 30.2 Å². The van der Waals surface area contributed by atoms with Crippen LogP contribution in [0.2, 0.25) is 0 Å². The maximum absolute atomic E-state index is 5.90. The van der Waals surface area contributed by atoms with Crippen LogP contribution in [-0.2, 0) is 0 Å². The van der Waals surface area contributed by atoms with E-state index in [-0.39, 0.29) is 5.54 Å². The fourth-order valence-electron chi connectivity index (χ4n) is 5.21. The predicted octanol–water partition coefficient (Wildman–Crippen LogP) is 3.98. The van der Waals surface area contributed by atoms with Crippen LogP contribution >= 0.6 is 0 Å². The third kappa shape index (κ3) is 2.67. The molecule has 0 aromatic heterocycles. The molecule has 0 unspecified atom stereocenters. The van der Waals surface area contributed by atoms with E-state index in [0.29, 0.717) is 17.8 Å². The minimum Gasteiger partial charge on any atom is -0.323 e. The summed E-state index contributed by atoms with van der Waals surface area (Å²) >= 11 is 0. The van der Waals surface area contributed by atoms with Crippen LogP contribution in [0.15, 0.2) is 65.8 Å². The van der Waals surface area contributed by atoms with Gasteiger partial charge in [-0.3, -0.25) is 0 Å². The zero-order valence-electron chi connectivity index (χ0n) is 15.1. The summed E-state index contributed by atoms with van der Waals surface area (Å²) < 4.78 is 0. The van der Waals surface area contributed by atoms with Gasteiger partial charge in [-0.15, -0.1) is 0 Å². The number of hydrogen-bond donors (Lipinski definition) is 1. The quantitative estimate of drug-likeness (QED) is 0.682. The monoisotopic (exact) mass is 333 g/mol. The largest absolute Gasteiger partial charge is 0.323 e. The van der Waals surface area contributed by atoms with Crippen molar-refractivity contribution in [2.24, 2.45) is 16.9 Å². The van der Waals surface area contributed by atoms with Gasteiger partial charge < -0.3 is 10.7 Å². The molecule has 2 aromatic carbocycles. The molecule has 3 heteroatoms. The Kier molecular flexibility index (Phi) is 4.12. The molecular formula is C22H27N3. The average Bonchev–Trinajstić information content (AvgIpc) is 2.69. The average molecular weight is 333 g/mol. The zero-order chi connectivity index (χ0) is 17.4. The molecule has 2 atom stereocenters.